The maximum atomic E-state index is 13.4. The highest BCUT2D eigenvalue weighted by atomic mass is 16.6. The predicted molar refractivity (Wildman–Crippen MR) is 128 cm³/mol. The lowest BCUT2D eigenvalue weighted by atomic mass is 9.94. The molecule has 3 atom stereocenters. The SMILES string of the molecule is C=C1CO[C@@H]2[C@@H](NC(=O)c3ccccc3)C(=O)N2[C@H]1C(=O)OC(c1ccccc1)c1ccccc1. The highest BCUT2D eigenvalue weighted by Crippen LogP contribution is 2.35. The number of hydrogen-bond acceptors (Lipinski definition) is 5. The van der Waals surface area contributed by atoms with Crippen LogP contribution in [0.3, 0.4) is 0 Å². The van der Waals surface area contributed by atoms with E-state index in [4.69, 9.17) is 9.47 Å². The summed E-state index contributed by atoms with van der Waals surface area (Å²) in [5.74, 6) is -1.40. The van der Waals surface area contributed by atoms with E-state index < -0.39 is 36.3 Å². The summed E-state index contributed by atoms with van der Waals surface area (Å²) in [5.41, 5.74) is 2.48. The molecule has 0 bridgehead atoms. The van der Waals surface area contributed by atoms with Crippen LogP contribution in [-0.4, -0.2) is 47.6 Å². The van der Waals surface area contributed by atoms with Gasteiger partial charge in [0.2, 0.25) is 0 Å². The maximum absolute atomic E-state index is 13.4. The van der Waals surface area contributed by atoms with Crippen LogP contribution >= 0.6 is 0 Å². The molecule has 0 aliphatic carbocycles. The third-order valence-electron chi connectivity index (χ3n) is 6.17. The Kier molecular flexibility index (Phi) is 6.16. The number of benzene rings is 3. The average Bonchev–Trinajstić information content (AvgIpc) is 2.91. The Hall–Kier alpha value is -4.23. The fraction of sp³-hybridized carbons (Fsp3) is 0.179. The lowest BCUT2D eigenvalue weighted by molar-refractivity contribution is -0.204. The number of esters is 1. The van der Waals surface area contributed by atoms with Crippen molar-refractivity contribution in [2.24, 2.45) is 0 Å². The standard InChI is InChI=1S/C28H24N2O5/c1-18-17-34-27-22(29-25(31)21-15-9-4-10-16-21)26(32)30(27)23(18)28(33)35-24(19-11-5-2-6-12-19)20-13-7-3-8-14-20/h2-16,22-24,27H,1,17H2,(H,29,31)/t22-,23+,27+/m0/s1. The molecule has 0 unspecified atom stereocenters. The molecule has 3 aromatic carbocycles. The summed E-state index contributed by atoms with van der Waals surface area (Å²) >= 11 is 0. The highest BCUT2D eigenvalue weighted by Gasteiger charge is 2.57. The van der Waals surface area contributed by atoms with E-state index in [1.807, 2.05) is 60.7 Å². The van der Waals surface area contributed by atoms with Gasteiger partial charge >= 0.3 is 5.97 Å². The first-order valence-electron chi connectivity index (χ1n) is 11.3. The van der Waals surface area contributed by atoms with Crippen molar-refractivity contribution in [1.29, 1.82) is 0 Å². The maximum Gasteiger partial charge on any atom is 0.334 e. The molecule has 2 saturated heterocycles. The molecule has 7 heteroatoms. The van der Waals surface area contributed by atoms with Gasteiger partial charge in [0.1, 0.15) is 0 Å². The van der Waals surface area contributed by atoms with Crippen LogP contribution in [0.25, 0.3) is 0 Å². The number of hydrogen-bond donors (Lipinski definition) is 1. The van der Waals surface area contributed by atoms with Crippen molar-refractivity contribution >= 4 is 17.8 Å². The molecule has 35 heavy (non-hydrogen) atoms. The number of nitrogens with one attached hydrogen (secondary N) is 1. The van der Waals surface area contributed by atoms with Crippen LogP contribution in [0.2, 0.25) is 0 Å². The van der Waals surface area contributed by atoms with Crippen LogP contribution in [0.15, 0.2) is 103 Å². The Balaban J connectivity index is 1.34. The second-order valence-electron chi connectivity index (χ2n) is 8.46. The van der Waals surface area contributed by atoms with Gasteiger partial charge in [-0.1, -0.05) is 85.4 Å². The number of β-lactam (4-membered cyclic amide) rings is 1. The summed E-state index contributed by atoms with van der Waals surface area (Å²) in [5, 5.41) is 2.71. The van der Waals surface area contributed by atoms with E-state index >= 15 is 0 Å². The van der Waals surface area contributed by atoms with Gasteiger partial charge in [0, 0.05) is 5.56 Å². The topological polar surface area (TPSA) is 84.9 Å². The number of amides is 2. The van der Waals surface area contributed by atoms with Gasteiger partial charge in [-0.3, -0.25) is 14.5 Å². The van der Waals surface area contributed by atoms with Crippen molar-refractivity contribution in [3.8, 4) is 0 Å². The van der Waals surface area contributed by atoms with E-state index in [0.717, 1.165) is 11.1 Å². The molecule has 2 fully saturated rings. The number of carbonyl (C=O) groups excluding carboxylic acids is 3. The van der Waals surface area contributed by atoms with Crippen LogP contribution in [-0.2, 0) is 19.1 Å². The molecule has 0 saturated carbocycles. The molecule has 2 heterocycles. The molecule has 0 radical (unpaired) electrons. The molecule has 3 aromatic rings. The van der Waals surface area contributed by atoms with Crippen LogP contribution < -0.4 is 5.32 Å². The third kappa shape index (κ3) is 4.34. The fourth-order valence-corrected chi connectivity index (χ4v) is 4.40. The van der Waals surface area contributed by atoms with Crippen LogP contribution in [0.5, 0.6) is 0 Å². The van der Waals surface area contributed by atoms with Crippen molar-refractivity contribution in [2.45, 2.75) is 24.4 Å². The summed E-state index contributed by atoms with van der Waals surface area (Å²) in [4.78, 5) is 40.3. The molecule has 2 aliphatic heterocycles. The van der Waals surface area contributed by atoms with E-state index in [1.165, 1.54) is 4.90 Å². The van der Waals surface area contributed by atoms with E-state index in [0.29, 0.717) is 11.1 Å². The average molecular weight is 469 g/mol. The highest BCUT2D eigenvalue weighted by molar-refractivity contribution is 6.01. The summed E-state index contributed by atoms with van der Waals surface area (Å²) in [7, 11) is 0. The quantitative estimate of drug-likeness (QED) is 0.341. The van der Waals surface area contributed by atoms with Crippen LogP contribution in [0.4, 0.5) is 0 Å². The molecule has 2 aliphatic rings. The van der Waals surface area contributed by atoms with E-state index in [2.05, 4.69) is 11.9 Å². The summed E-state index contributed by atoms with van der Waals surface area (Å²) in [6.07, 6.45) is -1.42. The molecule has 1 N–H and O–H groups in total. The van der Waals surface area contributed by atoms with Crippen molar-refractivity contribution < 1.29 is 23.9 Å². The van der Waals surface area contributed by atoms with Gasteiger partial charge in [0.25, 0.3) is 11.8 Å². The number of rotatable bonds is 6. The molecular weight excluding hydrogens is 444 g/mol. The molecule has 176 valence electrons. The lowest BCUT2D eigenvalue weighted by Crippen LogP contribution is -2.77. The lowest BCUT2D eigenvalue weighted by Gasteiger charge is -2.52. The first-order chi connectivity index (χ1) is 17.0. The molecule has 7 nitrogen and oxygen atoms in total. The van der Waals surface area contributed by atoms with Gasteiger partial charge in [-0.25, -0.2) is 4.79 Å². The Labute approximate surface area is 203 Å². The van der Waals surface area contributed by atoms with Gasteiger partial charge in [0.05, 0.1) is 6.61 Å². The first kappa shape index (κ1) is 22.6. The fourth-order valence-electron chi connectivity index (χ4n) is 4.40. The molecule has 5 rings (SSSR count). The van der Waals surface area contributed by atoms with E-state index in [9.17, 15) is 14.4 Å². The smallest absolute Gasteiger partial charge is 0.334 e. The Morgan fingerprint density at radius 1 is 0.914 bits per heavy atom. The minimum absolute atomic E-state index is 0.0766. The van der Waals surface area contributed by atoms with Crippen molar-refractivity contribution in [2.75, 3.05) is 6.61 Å². The number of fused-ring (bicyclic) bond motifs is 1. The predicted octanol–water partition coefficient (Wildman–Crippen LogP) is 3.24. The Morgan fingerprint density at radius 2 is 1.46 bits per heavy atom. The zero-order chi connectivity index (χ0) is 24.4. The van der Waals surface area contributed by atoms with E-state index in [-0.39, 0.29) is 12.5 Å². The van der Waals surface area contributed by atoms with Crippen LogP contribution in [0.1, 0.15) is 27.6 Å². The third-order valence-corrected chi connectivity index (χ3v) is 6.17. The number of ether oxygens (including phenoxy) is 2. The van der Waals surface area contributed by atoms with Gasteiger partial charge in [0.15, 0.2) is 24.4 Å². The minimum atomic E-state index is -0.999. The molecule has 2 amide bonds. The van der Waals surface area contributed by atoms with Crippen molar-refractivity contribution in [1.82, 2.24) is 10.2 Å². The zero-order valence-corrected chi connectivity index (χ0v) is 18.9. The van der Waals surface area contributed by atoms with Crippen molar-refractivity contribution in [3.05, 3.63) is 120 Å². The summed E-state index contributed by atoms with van der Waals surface area (Å²) < 4.78 is 11.7. The Bertz CT molecular complexity index is 1210. The Morgan fingerprint density at radius 3 is 2.03 bits per heavy atom. The molecule has 0 spiro atoms. The zero-order valence-electron chi connectivity index (χ0n) is 18.9. The normalized spacial score (nSPS) is 21.2. The molecule has 0 aromatic heterocycles. The van der Waals surface area contributed by atoms with Gasteiger partial charge in [-0.15, -0.1) is 0 Å². The number of nitrogens with zero attached hydrogens (tertiary/aromatic N) is 1. The summed E-state index contributed by atoms with van der Waals surface area (Å²) in [6.45, 7) is 4.03. The largest absolute Gasteiger partial charge is 0.451 e. The van der Waals surface area contributed by atoms with Gasteiger partial charge < -0.3 is 14.8 Å². The first-order valence-corrected chi connectivity index (χ1v) is 11.3. The van der Waals surface area contributed by atoms with Gasteiger partial charge in [-0.2, -0.15) is 0 Å². The van der Waals surface area contributed by atoms with Crippen molar-refractivity contribution in [3.63, 3.8) is 0 Å². The monoisotopic (exact) mass is 468 g/mol. The number of carbonyl (C=O) groups is 3. The molecular formula is C28H24N2O5. The van der Waals surface area contributed by atoms with E-state index in [1.54, 1.807) is 30.3 Å². The van der Waals surface area contributed by atoms with Gasteiger partial charge in [-0.05, 0) is 28.8 Å². The second kappa shape index (κ2) is 9.56. The summed E-state index contributed by atoms with van der Waals surface area (Å²) in [6, 6.07) is 25.6. The van der Waals surface area contributed by atoms with Crippen LogP contribution in [0, 0.1) is 0 Å². The minimum Gasteiger partial charge on any atom is -0.451 e. The second-order valence-corrected chi connectivity index (χ2v) is 8.46.